The Balaban J connectivity index is 1.62. The minimum atomic E-state index is -1.79. The van der Waals surface area contributed by atoms with Gasteiger partial charge in [0, 0.05) is 6.42 Å². The average Bonchev–Trinajstić information content (AvgIpc) is 0.793. The molecule has 1 amide bonds. The van der Waals surface area contributed by atoms with Gasteiger partial charge in [0.25, 0.3) is 0 Å². The number of unbranched alkanes of at least 4 members (excludes halogenated alkanes) is 42. The summed E-state index contributed by atoms with van der Waals surface area (Å²) in [5, 5.41) is 87.7. The molecule has 97 heavy (non-hydrogen) atoms. The van der Waals surface area contributed by atoms with Crippen molar-refractivity contribution >= 4 is 5.91 Å². The highest BCUT2D eigenvalue weighted by molar-refractivity contribution is 5.76. The van der Waals surface area contributed by atoms with Gasteiger partial charge in [-0.05, 0) is 70.6 Å². The fourth-order valence-electron chi connectivity index (χ4n) is 13.0. The maximum Gasteiger partial charge on any atom is 0.220 e. The number of hydrogen-bond acceptors (Lipinski definition) is 13. The first kappa shape index (κ1) is 90.3. The van der Waals surface area contributed by atoms with Gasteiger partial charge in [-0.15, -0.1) is 0 Å². The molecule has 2 aliphatic rings. The number of aliphatic hydroxyl groups excluding tert-OH is 8. The summed E-state index contributed by atoms with van der Waals surface area (Å²) in [5.74, 6) is -0.236. The summed E-state index contributed by atoms with van der Waals surface area (Å²) in [6.45, 7) is 2.73. The summed E-state index contributed by atoms with van der Waals surface area (Å²) in [6, 6.07) is -0.920. The first-order valence-corrected chi connectivity index (χ1v) is 40.3. The second kappa shape index (κ2) is 66.4. The Morgan fingerprint density at radius 2 is 0.711 bits per heavy atom. The second-order valence-corrected chi connectivity index (χ2v) is 28.2. The average molecular weight is 1370 g/mol. The van der Waals surface area contributed by atoms with E-state index >= 15 is 0 Å². The lowest BCUT2D eigenvalue weighted by molar-refractivity contribution is -0.359. The molecule has 0 saturated carbocycles. The minimum absolute atomic E-state index is 0.236. The number of hydrogen-bond donors (Lipinski definition) is 9. The molecule has 2 rings (SSSR count). The van der Waals surface area contributed by atoms with Crippen LogP contribution in [0.4, 0.5) is 0 Å². The van der Waals surface area contributed by atoms with E-state index < -0.39 is 86.8 Å². The zero-order valence-electron chi connectivity index (χ0n) is 61.8. The third kappa shape index (κ3) is 49.4. The van der Waals surface area contributed by atoms with Crippen LogP contribution in [0.25, 0.3) is 0 Å². The predicted molar refractivity (Wildman–Crippen MR) is 401 cm³/mol. The lowest BCUT2D eigenvalue weighted by Gasteiger charge is -2.46. The molecule has 564 valence electrons. The van der Waals surface area contributed by atoms with Gasteiger partial charge < -0.3 is 65.1 Å². The van der Waals surface area contributed by atoms with Crippen molar-refractivity contribution in [2.45, 2.75) is 415 Å². The molecule has 2 saturated heterocycles. The van der Waals surface area contributed by atoms with E-state index in [0.717, 1.165) is 77.0 Å². The van der Waals surface area contributed by atoms with E-state index in [0.29, 0.717) is 6.42 Å². The predicted octanol–water partition coefficient (Wildman–Crippen LogP) is 18.3. The molecule has 0 aliphatic carbocycles. The molecule has 2 heterocycles. The van der Waals surface area contributed by atoms with Gasteiger partial charge in [0.15, 0.2) is 12.6 Å². The number of carbonyl (C=O) groups is 1. The van der Waals surface area contributed by atoms with Crippen LogP contribution in [-0.2, 0) is 23.7 Å². The Labute approximate surface area is 592 Å². The minimum Gasteiger partial charge on any atom is -0.394 e. The van der Waals surface area contributed by atoms with Crippen LogP contribution in [0.2, 0.25) is 0 Å². The van der Waals surface area contributed by atoms with E-state index in [9.17, 15) is 45.6 Å². The van der Waals surface area contributed by atoms with Gasteiger partial charge >= 0.3 is 0 Å². The fraction of sp³-hybridized carbons (Fsp3) is 0.819. The Morgan fingerprint density at radius 3 is 1.09 bits per heavy atom. The zero-order valence-corrected chi connectivity index (χ0v) is 61.8. The highest BCUT2D eigenvalue weighted by atomic mass is 16.7. The normalized spacial score (nSPS) is 22.6. The number of ether oxygens (including phenoxy) is 4. The number of carbonyl (C=O) groups excluding carboxylic acids is 1. The third-order valence-corrected chi connectivity index (χ3v) is 19.3. The Bertz CT molecular complexity index is 1950. The molecule has 0 spiro atoms. The summed E-state index contributed by atoms with van der Waals surface area (Å²) in [5.41, 5.74) is 0. The molecule has 0 aromatic carbocycles. The number of nitrogens with one attached hydrogen (secondary N) is 1. The van der Waals surface area contributed by atoms with Gasteiger partial charge in [0.2, 0.25) is 5.91 Å². The van der Waals surface area contributed by atoms with Crippen LogP contribution < -0.4 is 5.32 Å². The van der Waals surface area contributed by atoms with Crippen molar-refractivity contribution in [3.05, 3.63) is 85.1 Å². The van der Waals surface area contributed by atoms with E-state index in [1.165, 1.54) is 238 Å². The van der Waals surface area contributed by atoms with Gasteiger partial charge in [-0.3, -0.25) is 4.79 Å². The Morgan fingerprint density at radius 1 is 0.381 bits per heavy atom. The summed E-state index contributed by atoms with van der Waals surface area (Å²) in [6.07, 6.45) is 76.6. The molecule has 12 unspecified atom stereocenters. The van der Waals surface area contributed by atoms with Crippen LogP contribution in [0.5, 0.6) is 0 Å². The topological polar surface area (TPSA) is 228 Å². The molecule has 0 radical (unpaired) electrons. The van der Waals surface area contributed by atoms with Crippen molar-refractivity contribution in [3.63, 3.8) is 0 Å². The van der Waals surface area contributed by atoms with Gasteiger partial charge in [-0.25, -0.2) is 0 Å². The number of allylic oxidation sites excluding steroid dienone is 13. The van der Waals surface area contributed by atoms with Crippen molar-refractivity contribution in [1.82, 2.24) is 5.32 Å². The van der Waals surface area contributed by atoms with Crippen molar-refractivity contribution < 1.29 is 64.6 Å². The molecule has 14 heteroatoms. The first-order chi connectivity index (χ1) is 47.6. The second-order valence-electron chi connectivity index (χ2n) is 28.2. The van der Waals surface area contributed by atoms with Crippen LogP contribution in [0.3, 0.4) is 0 Å². The number of rotatable bonds is 67. The summed E-state index contributed by atoms with van der Waals surface area (Å²) in [7, 11) is 0. The summed E-state index contributed by atoms with van der Waals surface area (Å²) < 4.78 is 22.9. The molecule has 12 atom stereocenters. The summed E-state index contributed by atoms with van der Waals surface area (Å²) in [4.78, 5) is 13.4. The standard InChI is InChI=1S/C83H149NO13/c1-3-5-7-9-11-13-15-17-19-21-23-25-27-29-31-33-34-35-36-37-38-39-41-43-45-47-49-51-53-55-57-59-61-63-65-67-75(88)84-71(70-94-82-80(93)78(91)81(74(69-86)96-82)97-83-79(92)77(90)76(89)73(68-85)95-83)72(87)66-64-62-60-58-56-54-52-50-48-46-44-42-40-32-30-28-26-24-22-20-18-16-14-12-10-8-6-4-2/h5,7,11,13,17,19,23,25,29,31,34-35,64,66,71-74,76-83,85-87,89-93H,3-4,6,8-10,12,14-16,18,20-22,24,26-28,30,32-33,36-63,65,67-70H2,1-2H3,(H,84,88)/b7-5-,13-11-,19-17-,25-23-,31-29-,35-34-,66-64+. The zero-order chi connectivity index (χ0) is 70.1. The van der Waals surface area contributed by atoms with Crippen molar-refractivity contribution in [3.8, 4) is 0 Å². The highest BCUT2D eigenvalue weighted by Crippen LogP contribution is 2.30. The van der Waals surface area contributed by atoms with Crippen molar-refractivity contribution in [2.24, 2.45) is 0 Å². The van der Waals surface area contributed by atoms with Crippen LogP contribution in [0.1, 0.15) is 341 Å². The first-order valence-electron chi connectivity index (χ1n) is 40.3. The van der Waals surface area contributed by atoms with Crippen LogP contribution >= 0.6 is 0 Å². The largest absolute Gasteiger partial charge is 0.394 e. The van der Waals surface area contributed by atoms with Gasteiger partial charge in [0.1, 0.15) is 48.8 Å². The van der Waals surface area contributed by atoms with E-state index in [-0.39, 0.29) is 18.9 Å². The van der Waals surface area contributed by atoms with Crippen LogP contribution in [0, 0.1) is 0 Å². The number of aliphatic hydroxyl groups is 8. The van der Waals surface area contributed by atoms with E-state index in [2.05, 4.69) is 92.1 Å². The van der Waals surface area contributed by atoms with E-state index in [1.54, 1.807) is 6.08 Å². The molecule has 0 aromatic heterocycles. The number of amides is 1. The smallest absolute Gasteiger partial charge is 0.220 e. The Hall–Kier alpha value is -2.83. The highest BCUT2D eigenvalue weighted by Gasteiger charge is 2.51. The molecular weight excluding hydrogens is 1220 g/mol. The van der Waals surface area contributed by atoms with Gasteiger partial charge in [-0.1, -0.05) is 349 Å². The molecule has 2 fully saturated rings. The fourth-order valence-corrected chi connectivity index (χ4v) is 13.0. The summed E-state index contributed by atoms with van der Waals surface area (Å²) >= 11 is 0. The van der Waals surface area contributed by atoms with Crippen LogP contribution in [-0.4, -0.2) is 140 Å². The molecule has 14 nitrogen and oxygen atoms in total. The van der Waals surface area contributed by atoms with Gasteiger partial charge in [-0.2, -0.15) is 0 Å². The molecule has 9 N–H and O–H groups in total. The lowest BCUT2D eigenvalue weighted by Crippen LogP contribution is -2.65. The maximum atomic E-state index is 13.4. The van der Waals surface area contributed by atoms with E-state index in [4.69, 9.17) is 18.9 Å². The van der Waals surface area contributed by atoms with E-state index in [1.807, 2.05) is 6.08 Å². The van der Waals surface area contributed by atoms with Gasteiger partial charge in [0.05, 0.1) is 32.0 Å². The van der Waals surface area contributed by atoms with Crippen LogP contribution in [0.15, 0.2) is 85.1 Å². The molecule has 0 aromatic rings. The maximum absolute atomic E-state index is 13.4. The Kier molecular flexibility index (Phi) is 61.8. The molecule has 0 bridgehead atoms. The third-order valence-electron chi connectivity index (χ3n) is 19.3. The molecule has 2 aliphatic heterocycles. The van der Waals surface area contributed by atoms with Crippen molar-refractivity contribution in [1.29, 1.82) is 0 Å². The quantitative estimate of drug-likeness (QED) is 0.0204. The van der Waals surface area contributed by atoms with Crippen molar-refractivity contribution in [2.75, 3.05) is 19.8 Å². The monoisotopic (exact) mass is 1370 g/mol. The SMILES string of the molecule is CC/C=C\C/C=C\C/C=C\C/C=C\C/C=C\C/C=C\CCCCCCCCCCCCCCCCCCC(=O)NC(COC1OC(CO)C(OC2OC(CO)C(O)C(O)C2O)C(O)C1O)C(O)/C=C/CCCCCCCCCCCCCCCCCCCCCCCCCCCC. The molecular formula is C83H149NO13. The lowest BCUT2D eigenvalue weighted by atomic mass is 9.97.